The van der Waals surface area contributed by atoms with Gasteiger partial charge in [0.15, 0.2) is 0 Å². The Bertz CT molecular complexity index is 1320. The van der Waals surface area contributed by atoms with Gasteiger partial charge in [0.2, 0.25) is 0 Å². The zero-order valence-electron chi connectivity index (χ0n) is 19.4. The third-order valence-electron chi connectivity index (χ3n) is 7.64. The van der Waals surface area contributed by atoms with Gasteiger partial charge in [0.1, 0.15) is 28.9 Å². The standard InChI is InChI=1S/C26H30N6O2S/c27-24-21-19(26-31-17(13-35-26)9-15-5-2-1-3-6-15)12-32(25(21)30-14-29-24)20-10-18(22(33)23(20)34)16-7-4-8-28-11-16/h1-3,5-6,12-14,16,18,20,22-23,28,33-34H,4,7-11H2,(H2,27,29,30)/t16?,18-,20-,22-,23+/m1/s1. The van der Waals surface area contributed by atoms with Crippen molar-refractivity contribution < 1.29 is 10.2 Å². The van der Waals surface area contributed by atoms with Crippen molar-refractivity contribution >= 4 is 28.2 Å². The summed E-state index contributed by atoms with van der Waals surface area (Å²) in [5, 5.41) is 29.2. The smallest absolute Gasteiger partial charge is 0.146 e. The first-order valence-corrected chi connectivity index (χ1v) is 13.1. The van der Waals surface area contributed by atoms with E-state index in [0.29, 0.717) is 23.8 Å². The van der Waals surface area contributed by atoms with Crippen LogP contribution in [0.5, 0.6) is 0 Å². The van der Waals surface area contributed by atoms with Crippen LogP contribution in [-0.4, -0.2) is 55.0 Å². The second-order valence-electron chi connectivity index (χ2n) is 9.77. The number of nitrogen functional groups attached to an aromatic ring is 1. The predicted molar refractivity (Wildman–Crippen MR) is 137 cm³/mol. The van der Waals surface area contributed by atoms with Crippen molar-refractivity contribution in [2.75, 3.05) is 18.8 Å². The van der Waals surface area contributed by atoms with Gasteiger partial charge in [0, 0.05) is 23.6 Å². The summed E-state index contributed by atoms with van der Waals surface area (Å²) >= 11 is 1.57. The minimum Gasteiger partial charge on any atom is -0.390 e. The van der Waals surface area contributed by atoms with Crippen LogP contribution in [0.15, 0.2) is 48.2 Å². The number of aliphatic hydroxyl groups excluding tert-OH is 2. The Hall–Kier alpha value is -2.85. The van der Waals surface area contributed by atoms with E-state index in [1.807, 2.05) is 29.0 Å². The van der Waals surface area contributed by atoms with Gasteiger partial charge in [-0.2, -0.15) is 0 Å². The molecule has 6 rings (SSSR count). The fraction of sp³-hybridized carbons (Fsp3) is 0.423. The largest absolute Gasteiger partial charge is 0.390 e. The lowest BCUT2D eigenvalue weighted by Gasteiger charge is -2.30. The van der Waals surface area contributed by atoms with E-state index in [1.54, 1.807) is 11.3 Å². The number of piperidine rings is 1. The highest BCUT2D eigenvalue weighted by Crippen LogP contribution is 2.44. The quantitative estimate of drug-likeness (QED) is 0.339. The average Bonchev–Trinajstić information content (AvgIpc) is 3.58. The van der Waals surface area contributed by atoms with E-state index in [2.05, 4.69) is 32.8 Å². The Morgan fingerprint density at radius 1 is 1.14 bits per heavy atom. The van der Waals surface area contributed by atoms with E-state index < -0.39 is 12.2 Å². The lowest BCUT2D eigenvalue weighted by atomic mass is 9.83. The number of fused-ring (bicyclic) bond motifs is 1. The molecule has 5 N–H and O–H groups in total. The van der Waals surface area contributed by atoms with Gasteiger partial charge in [-0.15, -0.1) is 11.3 Å². The van der Waals surface area contributed by atoms with Crippen molar-refractivity contribution in [3.05, 3.63) is 59.5 Å². The summed E-state index contributed by atoms with van der Waals surface area (Å²) in [5.74, 6) is 0.795. The fourth-order valence-electron chi connectivity index (χ4n) is 5.87. The van der Waals surface area contributed by atoms with Crippen LogP contribution in [0.2, 0.25) is 0 Å². The van der Waals surface area contributed by atoms with E-state index in [4.69, 9.17) is 10.7 Å². The van der Waals surface area contributed by atoms with Gasteiger partial charge < -0.3 is 25.8 Å². The molecule has 2 aliphatic rings. The topological polar surface area (TPSA) is 122 Å². The minimum atomic E-state index is -0.869. The molecule has 0 bridgehead atoms. The molecule has 5 atom stereocenters. The molecule has 0 radical (unpaired) electrons. The maximum atomic E-state index is 11.1. The molecule has 4 aromatic rings. The lowest BCUT2D eigenvalue weighted by molar-refractivity contribution is -0.00692. The number of rotatable bonds is 5. The molecule has 1 aromatic carbocycles. The maximum Gasteiger partial charge on any atom is 0.146 e. The summed E-state index contributed by atoms with van der Waals surface area (Å²) in [6.07, 6.45) is 5.44. The zero-order valence-corrected chi connectivity index (χ0v) is 20.2. The van der Waals surface area contributed by atoms with Gasteiger partial charge in [0.25, 0.3) is 0 Å². The Balaban J connectivity index is 1.36. The Morgan fingerprint density at radius 3 is 2.80 bits per heavy atom. The first kappa shape index (κ1) is 22.6. The molecule has 0 amide bonds. The van der Waals surface area contributed by atoms with Crippen molar-refractivity contribution in [2.24, 2.45) is 11.8 Å². The molecule has 2 fully saturated rings. The average molecular weight is 491 g/mol. The molecular weight excluding hydrogens is 460 g/mol. The van der Waals surface area contributed by atoms with Gasteiger partial charge in [0.05, 0.1) is 23.2 Å². The van der Waals surface area contributed by atoms with Gasteiger partial charge in [-0.25, -0.2) is 15.0 Å². The van der Waals surface area contributed by atoms with Crippen LogP contribution in [0, 0.1) is 11.8 Å². The molecule has 35 heavy (non-hydrogen) atoms. The summed E-state index contributed by atoms with van der Waals surface area (Å²) < 4.78 is 1.99. The number of thiazole rings is 1. The number of aliphatic hydroxyl groups is 2. The third-order valence-corrected chi connectivity index (χ3v) is 8.57. The van der Waals surface area contributed by atoms with E-state index in [-0.39, 0.29) is 12.0 Å². The number of nitrogens with one attached hydrogen (secondary N) is 1. The zero-order chi connectivity index (χ0) is 23.9. The Morgan fingerprint density at radius 2 is 2.00 bits per heavy atom. The van der Waals surface area contributed by atoms with Crippen LogP contribution in [0.3, 0.4) is 0 Å². The minimum absolute atomic E-state index is 0.0419. The SMILES string of the molecule is Nc1ncnc2c1c(-c1nc(Cc3ccccc3)cs1)cn2[C@@H]1C[C@H](C2CCCNC2)[C@@H](O)[C@H]1O. The van der Waals surface area contributed by atoms with E-state index >= 15 is 0 Å². The molecular formula is C26H30N6O2S. The molecule has 1 unspecified atom stereocenters. The molecule has 1 saturated heterocycles. The highest BCUT2D eigenvalue weighted by molar-refractivity contribution is 7.13. The molecule has 4 heterocycles. The van der Waals surface area contributed by atoms with Gasteiger partial charge in [-0.05, 0) is 49.8 Å². The Labute approximate surface area is 207 Å². The first-order valence-electron chi connectivity index (χ1n) is 12.3. The van der Waals surface area contributed by atoms with E-state index in [9.17, 15) is 10.2 Å². The lowest BCUT2D eigenvalue weighted by Crippen LogP contribution is -2.39. The molecule has 0 spiro atoms. The monoisotopic (exact) mass is 490 g/mol. The van der Waals surface area contributed by atoms with Crippen LogP contribution in [-0.2, 0) is 6.42 Å². The first-order chi connectivity index (χ1) is 17.1. The van der Waals surface area contributed by atoms with Crippen molar-refractivity contribution in [3.8, 4) is 10.6 Å². The number of nitrogens with zero attached hydrogens (tertiary/aromatic N) is 4. The van der Waals surface area contributed by atoms with Crippen LogP contribution >= 0.6 is 11.3 Å². The molecule has 9 heteroatoms. The number of benzene rings is 1. The number of nitrogens with two attached hydrogens (primary N) is 1. The van der Waals surface area contributed by atoms with Crippen molar-refractivity contribution in [1.82, 2.24) is 24.8 Å². The van der Waals surface area contributed by atoms with Gasteiger partial charge in [-0.1, -0.05) is 30.3 Å². The Kier molecular flexibility index (Phi) is 6.01. The van der Waals surface area contributed by atoms with Gasteiger partial charge >= 0.3 is 0 Å². The third kappa shape index (κ3) is 4.12. The molecule has 182 valence electrons. The summed E-state index contributed by atoms with van der Waals surface area (Å²) in [4.78, 5) is 13.7. The van der Waals surface area contributed by atoms with Gasteiger partial charge in [-0.3, -0.25) is 0 Å². The maximum absolute atomic E-state index is 11.1. The van der Waals surface area contributed by atoms with Crippen molar-refractivity contribution in [3.63, 3.8) is 0 Å². The summed E-state index contributed by atoms with van der Waals surface area (Å²) in [6.45, 7) is 1.91. The van der Waals surface area contributed by atoms with Crippen LogP contribution in [0.1, 0.15) is 36.6 Å². The number of anilines is 1. The summed E-state index contributed by atoms with van der Waals surface area (Å²) in [5.41, 5.74) is 10.1. The molecule has 3 aromatic heterocycles. The van der Waals surface area contributed by atoms with Crippen LogP contribution in [0.25, 0.3) is 21.6 Å². The number of hydrogen-bond acceptors (Lipinski definition) is 8. The second kappa shape index (κ2) is 9.31. The summed E-state index contributed by atoms with van der Waals surface area (Å²) in [6, 6.07) is 9.99. The van der Waals surface area contributed by atoms with Crippen LogP contribution in [0.4, 0.5) is 5.82 Å². The van der Waals surface area contributed by atoms with E-state index in [1.165, 1.54) is 11.9 Å². The molecule has 1 saturated carbocycles. The second-order valence-corrected chi connectivity index (χ2v) is 10.6. The number of hydrogen-bond donors (Lipinski definition) is 4. The number of aromatic nitrogens is 4. The predicted octanol–water partition coefficient (Wildman–Crippen LogP) is 3.01. The van der Waals surface area contributed by atoms with E-state index in [0.717, 1.165) is 54.0 Å². The fourth-order valence-corrected chi connectivity index (χ4v) is 6.71. The normalized spacial score (nSPS) is 27.0. The molecule has 1 aliphatic heterocycles. The van der Waals surface area contributed by atoms with Crippen molar-refractivity contribution in [2.45, 2.75) is 43.9 Å². The van der Waals surface area contributed by atoms with Crippen molar-refractivity contribution in [1.29, 1.82) is 0 Å². The summed E-state index contributed by atoms with van der Waals surface area (Å²) in [7, 11) is 0. The highest BCUT2D eigenvalue weighted by Gasteiger charge is 2.46. The highest BCUT2D eigenvalue weighted by atomic mass is 32.1. The molecule has 1 aliphatic carbocycles. The molecule has 8 nitrogen and oxygen atoms in total. The van der Waals surface area contributed by atoms with Crippen LogP contribution < -0.4 is 11.1 Å².